The van der Waals surface area contributed by atoms with E-state index in [2.05, 4.69) is 10.6 Å². The van der Waals surface area contributed by atoms with Gasteiger partial charge in [0.1, 0.15) is 12.6 Å². The summed E-state index contributed by atoms with van der Waals surface area (Å²) in [7, 11) is 1.33. The van der Waals surface area contributed by atoms with Gasteiger partial charge in [0, 0.05) is 42.3 Å². The first-order chi connectivity index (χ1) is 14.5. The van der Waals surface area contributed by atoms with E-state index in [4.69, 9.17) is 4.74 Å². The Morgan fingerprint density at radius 1 is 1.27 bits per heavy atom. The zero-order valence-corrected chi connectivity index (χ0v) is 17.4. The first-order valence-electron chi connectivity index (χ1n) is 10.4. The molecule has 2 amide bonds. The Morgan fingerprint density at radius 3 is 2.77 bits per heavy atom. The lowest BCUT2D eigenvalue weighted by Crippen LogP contribution is -2.55. The fraction of sp³-hybridized carbons (Fsp3) is 0.500. The number of nitrogens with zero attached hydrogens (tertiary/aromatic N) is 2. The van der Waals surface area contributed by atoms with Gasteiger partial charge in [-0.05, 0) is 31.4 Å². The number of esters is 1. The minimum absolute atomic E-state index is 0.0177. The molecule has 8 heteroatoms. The fourth-order valence-corrected chi connectivity index (χ4v) is 4.17. The standard InChI is InChI=1S/C22H28N4O4/c1-14-17(12-25-10-9-23-22(29)19(25)11-21(28)30-2)16-5-3-4-6-18(16)26(14)13-20(27)24-15-7-8-15/h3-6,15,19H,7-13H2,1-2H3,(H,23,29)(H,24,27)/t19-/m1/s1. The van der Waals surface area contributed by atoms with E-state index in [-0.39, 0.29) is 24.8 Å². The number of fused-ring (bicyclic) bond motifs is 1. The van der Waals surface area contributed by atoms with Crippen molar-refractivity contribution in [2.24, 2.45) is 0 Å². The first-order valence-corrected chi connectivity index (χ1v) is 10.4. The molecule has 0 spiro atoms. The second kappa shape index (κ2) is 8.47. The maximum Gasteiger partial charge on any atom is 0.307 e. The van der Waals surface area contributed by atoms with Gasteiger partial charge in [-0.15, -0.1) is 0 Å². The number of carbonyl (C=O) groups is 3. The van der Waals surface area contributed by atoms with Crippen LogP contribution >= 0.6 is 0 Å². The average Bonchev–Trinajstić information content (AvgIpc) is 3.51. The minimum Gasteiger partial charge on any atom is -0.469 e. The van der Waals surface area contributed by atoms with Gasteiger partial charge in [-0.3, -0.25) is 19.3 Å². The molecule has 0 bridgehead atoms. The summed E-state index contributed by atoms with van der Waals surface area (Å²) < 4.78 is 6.83. The van der Waals surface area contributed by atoms with E-state index in [1.807, 2.05) is 40.7 Å². The predicted octanol–water partition coefficient (Wildman–Crippen LogP) is 1.09. The largest absolute Gasteiger partial charge is 0.469 e. The summed E-state index contributed by atoms with van der Waals surface area (Å²) in [6.45, 7) is 4.00. The van der Waals surface area contributed by atoms with Gasteiger partial charge in [-0.2, -0.15) is 0 Å². The van der Waals surface area contributed by atoms with E-state index >= 15 is 0 Å². The molecule has 1 aromatic heterocycles. The normalized spacial score (nSPS) is 19.5. The highest BCUT2D eigenvalue weighted by Gasteiger charge is 2.33. The lowest BCUT2D eigenvalue weighted by atomic mass is 10.1. The molecule has 1 aliphatic carbocycles. The Morgan fingerprint density at radius 2 is 2.03 bits per heavy atom. The summed E-state index contributed by atoms with van der Waals surface area (Å²) in [5.74, 6) is -0.538. The van der Waals surface area contributed by atoms with Crippen molar-refractivity contribution in [1.29, 1.82) is 0 Å². The van der Waals surface area contributed by atoms with Crippen LogP contribution < -0.4 is 10.6 Å². The van der Waals surface area contributed by atoms with Gasteiger partial charge in [0.15, 0.2) is 0 Å². The van der Waals surface area contributed by atoms with Crippen LogP contribution in [0.1, 0.15) is 30.5 Å². The minimum atomic E-state index is -0.564. The molecule has 1 saturated heterocycles. The van der Waals surface area contributed by atoms with Crippen LogP contribution in [0.2, 0.25) is 0 Å². The molecule has 2 aromatic rings. The van der Waals surface area contributed by atoms with Crippen LogP contribution in [0.25, 0.3) is 10.9 Å². The Kier molecular flexibility index (Phi) is 5.76. The molecule has 160 valence electrons. The van der Waals surface area contributed by atoms with Crippen LogP contribution in [0.5, 0.6) is 0 Å². The third-order valence-electron chi connectivity index (χ3n) is 6.00. The summed E-state index contributed by atoms with van der Waals surface area (Å²) in [4.78, 5) is 38.8. The van der Waals surface area contributed by atoms with Crippen molar-refractivity contribution in [3.8, 4) is 0 Å². The number of hydrogen-bond donors (Lipinski definition) is 2. The summed E-state index contributed by atoms with van der Waals surface area (Å²) >= 11 is 0. The highest BCUT2D eigenvalue weighted by molar-refractivity contribution is 5.89. The zero-order chi connectivity index (χ0) is 21.3. The number of benzene rings is 1. The smallest absolute Gasteiger partial charge is 0.307 e. The van der Waals surface area contributed by atoms with E-state index < -0.39 is 12.0 Å². The number of para-hydroxylation sites is 1. The second-order valence-corrected chi connectivity index (χ2v) is 8.07. The van der Waals surface area contributed by atoms with E-state index in [0.717, 1.165) is 35.0 Å². The molecule has 0 unspecified atom stereocenters. The maximum absolute atomic E-state index is 12.5. The first kappa shape index (κ1) is 20.4. The molecule has 2 heterocycles. The summed E-state index contributed by atoms with van der Waals surface area (Å²) in [5, 5.41) is 6.96. The van der Waals surface area contributed by atoms with Gasteiger partial charge < -0.3 is 19.9 Å². The number of amides is 2. The number of carbonyl (C=O) groups excluding carboxylic acids is 3. The maximum atomic E-state index is 12.5. The van der Waals surface area contributed by atoms with E-state index in [1.54, 1.807) is 0 Å². The molecule has 2 N–H and O–H groups in total. The Labute approximate surface area is 175 Å². The summed E-state index contributed by atoms with van der Waals surface area (Å²) in [6, 6.07) is 7.78. The van der Waals surface area contributed by atoms with Crippen LogP contribution in [0.15, 0.2) is 24.3 Å². The SMILES string of the molecule is COC(=O)C[C@@H]1C(=O)NCCN1Cc1c(C)n(CC(=O)NC2CC2)c2ccccc12. The monoisotopic (exact) mass is 412 g/mol. The van der Waals surface area contributed by atoms with Crippen molar-refractivity contribution in [2.75, 3.05) is 20.2 Å². The quantitative estimate of drug-likeness (QED) is 0.665. The van der Waals surface area contributed by atoms with Crippen molar-refractivity contribution in [3.63, 3.8) is 0 Å². The molecule has 4 rings (SSSR count). The number of rotatable bonds is 7. The lowest BCUT2D eigenvalue weighted by molar-refractivity contribution is -0.146. The third-order valence-corrected chi connectivity index (χ3v) is 6.00. The van der Waals surface area contributed by atoms with Crippen molar-refractivity contribution in [1.82, 2.24) is 20.1 Å². The molecule has 1 saturated carbocycles. The van der Waals surface area contributed by atoms with Crippen molar-refractivity contribution in [3.05, 3.63) is 35.5 Å². The number of ether oxygens (including phenoxy) is 1. The molecule has 30 heavy (non-hydrogen) atoms. The van der Waals surface area contributed by atoms with Crippen molar-refractivity contribution < 1.29 is 19.1 Å². The molecule has 1 atom stereocenters. The van der Waals surface area contributed by atoms with E-state index in [9.17, 15) is 14.4 Å². The molecule has 0 radical (unpaired) electrons. The molecule has 8 nitrogen and oxygen atoms in total. The molecule has 1 aliphatic heterocycles. The van der Waals surface area contributed by atoms with Crippen LogP contribution in [-0.4, -0.2) is 59.5 Å². The molecule has 2 aliphatic rings. The second-order valence-electron chi connectivity index (χ2n) is 8.07. The van der Waals surface area contributed by atoms with Crippen molar-refractivity contribution >= 4 is 28.7 Å². The Bertz CT molecular complexity index is 979. The number of aromatic nitrogens is 1. The van der Waals surface area contributed by atoms with Crippen LogP contribution in [0, 0.1) is 6.92 Å². The van der Waals surface area contributed by atoms with Crippen molar-refractivity contribution in [2.45, 2.75) is 51.4 Å². The number of piperazine rings is 1. The number of nitrogens with one attached hydrogen (secondary N) is 2. The lowest BCUT2D eigenvalue weighted by Gasteiger charge is -2.34. The highest BCUT2D eigenvalue weighted by atomic mass is 16.5. The zero-order valence-electron chi connectivity index (χ0n) is 17.4. The van der Waals surface area contributed by atoms with Crippen LogP contribution in [-0.2, 0) is 32.2 Å². The summed E-state index contributed by atoms with van der Waals surface area (Å²) in [5.41, 5.74) is 3.08. The van der Waals surface area contributed by atoms with Crippen LogP contribution in [0.4, 0.5) is 0 Å². The van der Waals surface area contributed by atoms with E-state index in [1.165, 1.54) is 7.11 Å². The van der Waals surface area contributed by atoms with Gasteiger partial charge in [0.25, 0.3) is 0 Å². The Balaban J connectivity index is 1.62. The fourth-order valence-electron chi connectivity index (χ4n) is 4.17. The Hall–Kier alpha value is -2.87. The van der Waals surface area contributed by atoms with E-state index in [0.29, 0.717) is 25.7 Å². The van der Waals surface area contributed by atoms with Crippen LogP contribution in [0.3, 0.4) is 0 Å². The number of methoxy groups -OCH3 is 1. The number of hydrogen-bond acceptors (Lipinski definition) is 5. The van der Waals surface area contributed by atoms with Gasteiger partial charge in [-0.25, -0.2) is 0 Å². The van der Waals surface area contributed by atoms with Gasteiger partial charge in [0.05, 0.1) is 13.5 Å². The molecular formula is C22H28N4O4. The summed E-state index contributed by atoms with van der Waals surface area (Å²) in [6.07, 6.45) is 2.13. The molecule has 2 fully saturated rings. The van der Waals surface area contributed by atoms with Gasteiger partial charge in [-0.1, -0.05) is 18.2 Å². The predicted molar refractivity (Wildman–Crippen MR) is 112 cm³/mol. The topological polar surface area (TPSA) is 92.7 Å². The van der Waals surface area contributed by atoms with Gasteiger partial charge in [0.2, 0.25) is 11.8 Å². The van der Waals surface area contributed by atoms with Gasteiger partial charge >= 0.3 is 5.97 Å². The highest BCUT2D eigenvalue weighted by Crippen LogP contribution is 2.28. The molecule has 1 aromatic carbocycles. The average molecular weight is 412 g/mol. The third kappa shape index (κ3) is 4.18. The molecular weight excluding hydrogens is 384 g/mol.